The minimum absolute atomic E-state index is 0.0749. The second-order valence-corrected chi connectivity index (χ2v) is 8.03. The van der Waals surface area contributed by atoms with Gasteiger partial charge in [0.25, 0.3) is 0 Å². The molecule has 21 heavy (non-hydrogen) atoms. The summed E-state index contributed by atoms with van der Waals surface area (Å²) in [5.41, 5.74) is 1.02. The average molecular weight is 323 g/mol. The molecular weight excluding hydrogens is 300 g/mol. The summed E-state index contributed by atoms with van der Waals surface area (Å²) in [6.07, 6.45) is 2.90. The van der Waals surface area contributed by atoms with Crippen molar-refractivity contribution in [2.45, 2.75) is 55.8 Å². The Morgan fingerprint density at radius 2 is 2.05 bits per heavy atom. The first-order valence-electron chi connectivity index (χ1n) is 7.12. The van der Waals surface area contributed by atoms with Crippen molar-refractivity contribution in [3.05, 3.63) is 23.0 Å². The maximum Gasteiger partial charge on any atom is 0.156 e. The van der Waals surface area contributed by atoms with Gasteiger partial charge in [-0.25, -0.2) is 15.0 Å². The second-order valence-electron chi connectivity index (χ2n) is 5.90. The summed E-state index contributed by atoms with van der Waals surface area (Å²) in [6.45, 7) is 11.6. The fourth-order valence-electron chi connectivity index (χ4n) is 1.69. The van der Waals surface area contributed by atoms with Crippen molar-refractivity contribution >= 4 is 28.9 Å². The minimum Gasteiger partial charge on any atom is -0.370 e. The topological polar surface area (TPSA) is 50.7 Å². The molecule has 2 heterocycles. The van der Waals surface area contributed by atoms with Gasteiger partial charge < -0.3 is 5.32 Å². The molecule has 1 N–H and O–H groups in total. The van der Waals surface area contributed by atoms with Crippen LogP contribution in [0.2, 0.25) is 0 Å². The molecule has 0 bridgehead atoms. The van der Waals surface area contributed by atoms with Gasteiger partial charge >= 0.3 is 0 Å². The molecule has 2 rings (SSSR count). The Kier molecular flexibility index (Phi) is 5.22. The Bertz CT molecular complexity index is 588. The average Bonchev–Trinajstić information content (AvgIpc) is 2.91. The van der Waals surface area contributed by atoms with E-state index in [0.29, 0.717) is 0 Å². The molecule has 0 fully saturated rings. The highest BCUT2D eigenvalue weighted by molar-refractivity contribution is 8.01. The molecule has 0 atom stereocenters. The molecule has 0 aromatic carbocycles. The van der Waals surface area contributed by atoms with E-state index >= 15 is 0 Å². The van der Waals surface area contributed by atoms with Gasteiger partial charge in [0.05, 0.1) is 0 Å². The summed E-state index contributed by atoms with van der Waals surface area (Å²) in [7, 11) is 0. The molecule has 0 radical (unpaired) electrons. The highest BCUT2D eigenvalue weighted by Gasteiger charge is 2.21. The number of rotatable bonds is 5. The lowest BCUT2D eigenvalue weighted by Crippen LogP contribution is -2.19. The van der Waals surface area contributed by atoms with Crippen LogP contribution in [0.15, 0.2) is 20.9 Å². The van der Waals surface area contributed by atoms with Crippen LogP contribution in [-0.4, -0.2) is 21.5 Å². The summed E-state index contributed by atoms with van der Waals surface area (Å²) in [4.78, 5) is 13.8. The minimum atomic E-state index is -0.0749. The molecule has 0 spiro atoms. The Hall–Kier alpha value is -1.14. The van der Waals surface area contributed by atoms with E-state index in [1.807, 2.05) is 11.6 Å². The number of anilines is 1. The van der Waals surface area contributed by atoms with Crippen molar-refractivity contribution in [2.75, 3.05) is 11.9 Å². The standard InChI is InChI=1S/C15H22N4S2/c1-6-7-16-11-10(2)12(21-14-17-8-9-20-14)19-13(18-11)15(3,4)5/h8-9H,6-7H2,1-5H3,(H,16,18,19). The van der Waals surface area contributed by atoms with E-state index in [0.717, 1.165) is 39.5 Å². The first-order chi connectivity index (χ1) is 9.91. The van der Waals surface area contributed by atoms with Crippen molar-refractivity contribution in [3.8, 4) is 0 Å². The summed E-state index contributed by atoms with van der Waals surface area (Å²) >= 11 is 3.25. The lowest BCUT2D eigenvalue weighted by atomic mass is 9.95. The maximum atomic E-state index is 4.77. The molecule has 0 aliphatic rings. The summed E-state index contributed by atoms with van der Waals surface area (Å²) in [5.74, 6) is 1.81. The zero-order valence-electron chi connectivity index (χ0n) is 13.2. The van der Waals surface area contributed by atoms with Crippen LogP contribution in [0.5, 0.6) is 0 Å². The van der Waals surface area contributed by atoms with Crippen LogP contribution >= 0.6 is 23.1 Å². The van der Waals surface area contributed by atoms with Crippen LogP contribution in [0.4, 0.5) is 5.82 Å². The monoisotopic (exact) mass is 322 g/mol. The van der Waals surface area contributed by atoms with Crippen molar-refractivity contribution in [1.82, 2.24) is 15.0 Å². The van der Waals surface area contributed by atoms with E-state index in [2.05, 4.69) is 44.9 Å². The molecule has 0 amide bonds. The molecule has 4 nitrogen and oxygen atoms in total. The molecule has 0 aliphatic heterocycles. The van der Waals surface area contributed by atoms with E-state index in [4.69, 9.17) is 9.97 Å². The van der Waals surface area contributed by atoms with Crippen molar-refractivity contribution in [1.29, 1.82) is 0 Å². The first-order valence-corrected chi connectivity index (χ1v) is 8.81. The molecule has 2 aromatic rings. The van der Waals surface area contributed by atoms with Gasteiger partial charge in [0, 0.05) is 29.1 Å². The van der Waals surface area contributed by atoms with Crippen LogP contribution in [0, 0.1) is 6.92 Å². The van der Waals surface area contributed by atoms with Crippen LogP contribution in [0.25, 0.3) is 0 Å². The van der Waals surface area contributed by atoms with E-state index in [9.17, 15) is 0 Å². The molecule has 114 valence electrons. The van der Waals surface area contributed by atoms with E-state index in [-0.39, 0.29) is 5.41 Å². The van der Waals surface area contributed by atoms with Gasteiger partial charge in [-0.1, -0.05) is 27.7 Å². The highest BCUT2D eigenvalue weighted by atomic mass is 32.2. The fourth-order valence-corrected chi connectivity index (χ4v) is 3.31. The molecule has 6 heteroatoms. The van der Waals surface area contributed by atoms with Crippen LogP contribution in [-0.2, 0) is 5.41 Å². The number of hydrogen-bond donors (Lipinski definition) is 1. The fraction of sp³-hybridized carbons (Fsp3) is 0.533. The number of thiazole rings is 1. The van der Waals surface area contributed by atoms with E-state index < -0.39 is 0 Å². The summed E-state index contributed by atoms with van der Waals surface area (Å²) in [6, 6.07) is 0. The predicted molar refractivity (Wildman–Crippen MR) is 90.5 cm³/mol. The summed E-state index contributed by atoms with van der Waals surface area (Å²) < 4.78 is 1.01. The van der Waals surface area contributed by atoms with Crippen LogP contribution < -0.4 is 5.32 Å². The third-order valence-electron chi connectivity index (χ3n) is 2.91. The van der Waals surface area contributed by atoms with Gasteiger partial charge in [0.1, 0.15) is 16.7 Å². The quantitative estimate of drug-likeness (QED) is 0.821. The molecule has 2 aromatic heterocycles. The third-order valence-corrected chi connectivity index (χ3v) is 4.88. The Balaban J connectivity index is 2.41. The predicted octanol–water partition coefficient (Wildman–Crippen LogP) is 4.51. The zero-order chi connectivity index (χ0) is 15.5. The van der Waals surface area contributed by atoms with Crippen molar-refractivity contribution in [3.63, 3.8) is 0 Å². The van der Waals surface area contributed by atoms with E-state index in [1.54, 1.807) is 23.1 Å². The lowest BCUT2D eigenvalue weighted by molar-refractivity contribution is 0.538. The SMILES string of the molecule is CCCNc1nc(C(C)(C)C)nc(Sc2nccs2)c1C. The number of aromatic nitrogens is 3. The van der Waals surface area contributed by atoms with Crippen molar-refractivity contribution in [2.24, 2.45) is 0 Å². The Morgan fingerprint density at radius 3 is 2.62 bits per heavy atom. The summed E-state index contributed by atoms with van der Waals surface area (Å²) in [5, 5.41) is 6.39. The second kappa shape index (κ2) is 6.75. The van der Waals surface area contributed by atoms with Crippen LogP contribution in [0.1, 0.15) is 45.5 Å². The number of hydrogen-bond acceptors (Lipinski definition) is 6. The lowest BCUT2D eigenvalue weighted by Gasteiger charge is -2.20. The molecule has 0 saturated heterocycles. The maximum absolute atomic E-state index is 4.77. The number of nitrogens with one attached hydrogen (secondary N) is 1. The van der Waals surface area contributed by atoms with Crippen LogP contribution in [0.3, 0.4) is 0 Å². The van der Waals surface area contributed by atoms with Gasteiger partial charge in [-0.3, -0.25) is 0 Å². The third kappa shape index (κ3) is 4.17. The molecule has 0 aliphatic carbocycles. The Morgan fingerprint density at radius 1 is 1.29 bits per heavy atom. The smallest absolute Gasteiger partial charge is 0.156 e. The van der Waals surface area contributed by atoms with Gasteiger partial charge in [0.15, 0.2) is 4.34 Å². The highest BCUT2D eigenvalue weighted by Crippen LogP contribution is 2.34. The Labute approximate surface area is 134 Å². The molecular formula is C15H22N4S2. The van der Waals surface area contributed by atoms with E-state index in [1.165, 1.54) is 0 Å². The van der Waals surface area contributed by atoms with Gasteiger partial charge in [0.2, 0.25) is 0 Å². The normalized spacial score (nSPS) is 11.7. The van der Waals surface area contributed by atoms with Gasteiger partial charge in [-0.15, -0.1) is 11.3 Å². The molecule has 0 saturated carbocycles. The largest absolute Gasteiger partial charge is 0.370 e. The zero-order valence-corrected chi connectivity index (χ0v) is 14.9. The van der Waals surface area contributed by atoms with Gasteiger partial charge in [-0.2, -0.15) is 0 Å². The molecule has 0 unspecified atom stereocenters. The van der Waals surface area contributed by atoms with Gasteiger partial charge in [-0.05, 0) is 25.1 Å². The van der Waals surface area contributed by atoms with Crippen molar-refractivity contribution < 1.29 is 0 Å². The number of nitrogens with zero attached hydrogens (tertiary/aromatic N) is 3. The first kappa shape index (κ1) is 16.2.